The smallest absolute Gasteiger partial charge is 0.312 e. The molecule has 7 nitrogen and oxygen atoms in total. The van der Waals surface area contributed by atoms with E-state index in [4.69, 9.17) is 15.2 Å². The molecule has 0 heterocycles. The molecule has 4 aliphatic carbocycles. The van der Waals surface area contributed by atoms with Crippen LogP contribution in [-0.4, -0.2) is 36.5 Å². The summed E-state index contributed by atoms with van der Waals surface area (Å²) in [5, 5.41) is 3.20. The number of benzene rings is 2. The van der Waals surface area contributed by atoms with Crippen molar-refractivity contribution in [1.82, 2.24) is 5.32 Å². The van der Waals surface area contributed by atoms with E-state index in [1.54, 1.807) is 0 Å². The maximum atomic E-state index is 13.8. The van der Waals surface area contributed by atoms with Crippen molar-refractivity contribution in [2.75, 3.05) is 7.11 Å². The molecule has 4 aliphatic rings. The Balaban J connectivity index is 1.43. The van der Waals surface area contributed by atoms with Crippen molar-refractivity contribution in [3.63, 3.8) is 0 Å². The van der Waals surface area contributed by atoms with Crippen LogP contribution in [0.2, 0.25) is 0 Å². The van der Waals surface area contributed by atoms with Crippen molar-refractivity contribution in [3.8, 4) is 0 Å². The van der Waals surface area contributed by atoms with Crippen molar-refractivity contribution in [2.45, 2.75) is 56.7 Å². The van der Waals surface area contributed by atoms with E-state index in [0.717, 1.165) is 17.5 Å². The Morgan fingerprint density at radius 1 is 0.944 bits per heavy atom. The molecule has 0 aromatic heterocycles. The fourth-order valence-corrected chi connectivity index (χ4v) is 7.40. The van der Waals surface area contributed by atoms with Gasteiger partial charge in [-0.05, 0) is 61.5 Å². The van der Waals surface area contributed by atoms with E-state index < -0.39 is 28.9 Å². The quantitative estimate of drug-likeness (QED) is 0.551. The van der Waals surface area contributed by atoms with E-state index in [1.807, 2.05) is 60.7 Å². The van der Waals surface area contributed by atoms with Crippen LogP contribution in [-0.2, 0) is 36.9 Å². The van der Waals surface area contributed by atoms with Gasteiger partial charge in [0.15, 0.2) is 0 Å². The van der Waals surface area contributed by atoms with Crippen LogP contribution in [0.15, 0.2) is 60.7 Å². The molecular formula is C29H34N2O5. The molecule has 3 unspecified atom stereocenters. The van der Waals surface area contributed by atoms with Gasteiger partial charge < -0.3 is 20.5 Å². The van der Waals surface area contributed by atoms with Crippen molar-refractivity contribution in [3.05, 3.63) is 71.8 Å². The van der Waals surface area contributed by atoms with Crippen molar-refractivity contribution in [2.24, 2.45) is 28.9 Å². The number of amides is 1. The number of ether oxygens (including phenoxy) is 2. The minimum absolute atomic E-state index is 0.109. The van der Waals surface area contributed by atoms with Crippen LogP contribution in [0.1, 0.15) is 43.2 Å². The highest BCUT2D eigenvalue weighted by molar-refractivity contribution is 5.89. The lowest BCUT2D eigenvalue weighted by atomic mass is 9.42. The SMILES string of the molecule is COC(=O)C12CC3CC(CC(NC(=O)[C@@H](N)Cc4ccccc4)(C3)C1C(=O)OCc1ccccc1)C2. The minimum atomic E-state index is -0.997. The lowest BCUT2D eigenvalue weighted by Crippen LogP contribution is -2.73. The topological polar surface area (TPSA) is 108 Å². The highest BCUT2D eigenvalue weighted by Crippen LogP contribution is 2.65. The normalized spacial score (nSPS) is 30.9. The first-order valence-electron chi connectivity index (χ1n) is 12.8. The Kier molecular flexibility index (Phi) is 6.60. The summed E-state index contributed by atoms with van der Waals surface area (Å²) in [6, 6.07) is 18.3. The zero-order chi connectivity index (χ0) is 25.3. The van der Waals surface area contributed by atoms with Gasteiger partial charge in [0.05, 0.1) is 30.0 Å². The Bertz CT molecular complexity index is 1100. The number of hydrogen-bond donors (Lipinski definition) is 2. The van der Waals surface area contributed by atoms with E-state index in [-0.39, 0.29) is 30.3 Å². The van der Waals surface area contributed by atoms with Crippen LogP contribution in [0.3, 0.4) is 0 Å². The summed E-state index contributed by atoms with van der Waals surface area (Å²) in [7, 11) is 1.37. The zero-order valence-electron chi connectivity index (χ0n) is 20.7. The third-order valence-electron chi connectivity index (χ3n) is 8.44. The molecule has 4 saturated carbocycles. The molecule has 0 radical (unpaired) electrons. The Morgan fingerprint density at radius 3 is 2.11 bits per heavy atom. The number of carbonyl (C=O) groups excluding carboxylic acids is 3. The maximum Gasteiger partial charge on any atom is 0.312 e. The first kappa shape index (κ1) is 24.5. The summed E-state index contributed by atoms with van der Waals surface area (Å²) in [4.78, 5) is 40.5. The molecule has 0 saturated heterocycles. The molecule has 0 spiro atoms. The standard InChI is InChI=1S/C29H34N2O5/c1-35-27(34)28-14-21-12-22(15-28)17-29(16-21,24(28)26(33)36-18-20-10-6-3-7-11-20)31-25(32)23(30)13-19-8-4-2-5-9-19/h2-11,21-24H,12-18,30H2,1H3,(H,31,32)/t21?,22?,23-,24?,28?,29?/m0/s1. The summed E-state index contributed by atoms with van der Waals surface area (Å²) in [6.45, 7) is 0.109. The molecule has 1 amide bonds. The molecule has 6 rings (SSSR count). The summed E-state index contributed by atoms with van der Waals surface area (Å²) in [5.41, 5.74) is 6.29. The van der Waals surface area contributed by atoms with Crippen LogP contribution in [0, 0.1) is 23.2 Å². The van der Waals surface area contributed by atoms with Crippen molar-refractivity contribution < 1.29 is 23.9 Å². The Labute approximate surface area is 211 Å². The van der Waals surface area contributed by atoms with Gasteiger partial charge in [0.2, 0.25) is 5.91 Å². The number of hydrogen-bond acceptors (Lipinski definition) is 6. The molecule has 2 aromatic rings. The molecule has 190 valence electrons. The van der Waals surface area contributed by atoms with E-state index in [0.29, 0.717) is 32.1 Å². The molecular weight excluding hydrogens is 456 g/mol. The van der Waals surface area contributed by atoms with E-state index in [1.165, 1.54) is 7.11 Å². The Morgan fingerprint density at radius 2 is 1.53 bits per heavy atom. The first-order valence-corrected chi connectivity index (χ1v) is 12.8. The van der Waals surface area contributed by atoms with Gasteiger partial charge in [-0.3, -0.25) is 14.4 Å². The van der Waals surface area contributed by atoms with Gasteiger partial charge in [-0.1, -0.05) is 60.7 Å². The number of carbonyl (C=O) groups is 3. The number of esters is 2. The number of methoxy groups -OCH3 is 1. The molecule has 7 heteroatoms. The summed E-state index contributed by atoms with van der Waals surface area (Å²) in [5.74, 6) is -1.49. The van der Waals surface area contributed by atoms with Crippen LogP contribution in [0.5, 0.6) is 0 Å². The molecule has 36 heavy (non-hydrogen) atoms. The van der Waals surface area contributed by atoms with E-state index in [9.17, 15) is 14.4 Å². The van der Waals surface area contributed by atoms with Crippen molar-refractivity contribution in [1.29, 1.82) is 0 Å². The van der Waals surface area contributed by atoms with Crippen LogP contribution >= 0.6 is 0 Å². The number of nitrogens with two attached hydrogens (primary N) is 1. The van der Waals surface area contributed by atoms with Crippen molar-refractivity contribution >= 4 is 17.8 Å². The predicted octanol–water partition coefficient (Wildman–Crippen LogP) is 3.15. The van der Waals surface area contributed by atoms with Crippen LogP contribution < -0.4 is 11.1 Å². The monoisotopic (exact) mass is 490 g/mol. The first-order chi connectivity index (χ1) is 17.3. The molecule has 2 aromatic carbocycles. The van der Waals surface area contributed by atoms with Gasteiger partial charge in [-0.2, -0.15) is 0 Å². The Hall–Kier alpha value is -3.19. The zero-order valence-corrected chi connectivity index (χ0v) is 20.7. The van der Waals surface area contributed by atoms with Crippen LogP contribution in [0.4, 0.5) is 0 Å². The molecule has 3 N–H and O–H groups in total. The highest BCUT2D eigenvalue weighted by atomic mass is 16.5. The third kappa shape index (κ3) is 4.41. The van der Waals surface area contributed by atoms with Gasteiger partial charge in [-0.25, -0.2) is 0 Å². The van der Waals surface area contributed by atoms with E-state index in [2.05, 4.69) is 5.32 Å². The number of rotatable bonds is 8. The summed E-state index contributed by atoms with van der Waals surface area (Å²) >= 11 is 0. The summed E-state index contributed by atoms with van der Waals surface area (Å²) < 4.78 is 11.1. The van der Waals surface area contributed by atoms with Gasteiger partial charge in [0.25, 0.3) is 0 Å². The highest BCUT2D eigenvalue weighted by Gasteiger charge is 2.70. The fourth-order valence-electron chi connectivity index (χ4n) is 7.40. The third-order valence-corrected chi connectivity index (χ3v) is 8.44. The summed E-state index contributed by atoms with van der Waals surface area (Å²) in [6.07, 6.45) is 3.82. The lowest BCUT2D eigenvalue weighted by Gasteiger charge is -2.64. The largest absolute Gasteiger partial charge is 0.469 e. The molecule has 4 fully saturated rings. The fraction of sp³-hybridized carbons (Fsp3) is 0.483. The minimum Gasteiger partial charge on any atom is -0.469 e. The average molecular weight is 491 g/mol. The second-order valence-electron chi connectivity index (χ2n) is 10.9. The lowest BCUT2D eigenvalue weighted by molar-refractivity contribution is -0.202. The van der Waals surface area contributed by atoms with Gasteiger partial charge in [-0.15, -0.1) is 0 Å². The van der Waals surface area contributed by atoms with Gasteiger partial charge in [0, 0.05) is 0 Å². The second kappa shape index (κ2) is 9.69. The maximum absolute atomic E-state index is 13.8. The molecule has 4 atom stereocenters. The predicted molar refractivity (Wildman–Crippen MR) is 133 cm³/mol. The van der Waals surface area contributed by atoms with E-state index >= 15 is 0 Å². The number of nitrogens with one attached hydrogen (secondary N) is 1. The van der Waals surface area contributed by atoms with Gasteiger partial charge in [0.1, 0.15) is 6.61 Å². The average Bonchev–Trinajstić information content (AvgIpc) is 2.87. The van der Waals surface area contributed by atoms with Gasteiger partial charge >= 0.3 is 11.9 Å². The van der Waals surface area contributed by atoms with Crippen LogP contribution in [0.25, 0.3) is 0 Å². The molecule has 4 bridgehead atoms. The molecule has 0 aliphatic heterocycles. The second-order valence-corrected chi connectivity index (χ2v) is 10.9.